The Morgan fingerprint density at radius 2 is 1.50 bits per heavy atom. The van der Waals surface area contributed by atoms with E-state index in [2.05, 4.69) is 44.0 Å². The Hall–Kier alpha value is -0.273. The fourth-order valence-electron chi connectivity index (χ4n) is 2.56. The summed E-state index contributed by atoms with van der Waals surface area (Å²) in [5, 5.41) is 0. The van der Waals surface area contributed by atoms with Crippen molar-refractivity contribution in [3.05, 3.63) is 0 Å². The molecule has 5 nitrogen and oxygen atoms in total. The van der Waals surface area contributed by atoms with Crippen LogP contribution in [0.1, 0.15) is 41.0 Å². The predicted molar refractivity (Wildman–Crippen MR) is 95.8 cm³/mol. The molecule has 132 valence electrons. The van der Waals surface area contributed by atoms with Crippen molar-refractivity contribution in [1.29, 1.82) is 0 Å². The quantitative estimate of drug-likeness (QED) is 0.295. The SMILES string of the molecule is CCO[Si](CCCN=CC(C)(C)CN(C)C)(OCC)OCC. The lowest BCUT2D eigenvalue weighted by Crippen LogP contribution is -2.46. The molecular weight excluding hydrogens is 296 g/mol. The number of hydrogen-bond donors (Lipinski definition) is 0. The maximum Gasteiger partial charge on any atom is 0.500 e. The highest BCUT2D eigenvalue weighted by Crippen LogP contribution is 2.18. The molecule has 0 N–H and O–H groups in total. The third kappa shape index (κ3) is 9.68. The van der Waals surface area contributed by atoms with Gasteiger partial charge in [-0.25, -0.2) is 0 Å². The smallest absolute Gasteiger partial charge is 0.374 e. The first-order valence-corrected chi connectivity index (χ1v) is 10.3. The van der Waals surface area contributed by atoms with Crippen molar-refractivity contribution in [2.24, 2.45) is 10.4 Å². The van der Waals surface area contributed by atoms with Gasteiger partial charge in [0, 0.05) is 50.6 Å². The van der Waals surface area contributed by atoms with Gasteiger partial charge in [0.05, 0.1) is 0 Å². The molecule has 0 aliphatic heterocycles. The van der Waals surface area contributed by atoms with Gasteiger partial charge in [0.25, 0.3) is 0 Å². The molecule has 0 saturated carbocycles. The summed E-state index contributed by atoms with van der Waals surface area (Å²) in [5.41, 5.74) is 0.0950. The van der Waals surface area contributed by atoms with E-state index in [0.29, 0.717) is 19.8 Å². The van der Waals surface area contributed by atoms with Gasteiger partial charge >= 0.3 is 8.80 Å². The fraction of sp³-hybridized carbons (Fsp3) is 0.938. The molecule has 0 amide bonds. The zero-order chi connectivity index (χ0) is 17.1. The molecule has 0 bridgehead atoms. The van der Waals surface area contributed by atoms with Crippen LogP contribution in [0.2, 0.25) is 6.04 Å². The zero-order valence-corrected chi connectivity index (χ0v) is 16.6. The summed E-state index contributed by atoms with van der Waals surface area (Å²) in [7, 11) is 1.67. The van der Waals surface area contributed by atoms with Crippen LogP contribution in [0.15, 0.2) is 4.99 Å². The first kappa shape index (κ1) is 21.7. The molecule has 0 rings (SSSR count). The van der Waals surface area contributed by atoms with E-state index >= 15 is 0 Å². The third-order valence-corrected chi connectivity index (χ3v) is 6.18. The predicted octanol–water partition coefficient (Wildman–Crippen LogP) is 3.08. The molecule has 0 heterocycles. The molecule has 0 spiro atoms. The normalized spacial score (nSPS) is 13.5. The van der Waals surface area contributed by atoms with Gasteiger partial charge in [-0.3, -0.25) is 4.99 Å². The van der Waals surface area contributed by atoms with Gasteiger partial charge in [0.15, 0.2) is 0 Å². The van der Waals surface area contributed by atoms with Crippen LogP contribution in [0.4, 0.5) is 0 Å². The van der Waals surface area contributed by atoms with E-state index in [4.69, 9.17) is 13.3 Å². The highest BCUT2D eigenvalue weighted by atomic mass is 28.4. The van der Waals surface area contributed by atoms with Crippen LogP contribution in [0.5, 0.6) is 0 Å². The molecule has 0 radical (unpaired) electrons. The fourth-order valence-corrected chi connectivity index (χ4v) is 5.15. The third-order valence-electron chi connectivity index (χ3n) is 3.03. The van der Waals surface area contributed by atoms with Crippen LogP contribution >= 0.6 is 0 Å². The molecule has 22 heavy (non-hydrogen) atoms. The molecule has 0 unspecified atom stereocenters. The van der Waals surface area contributed by atoms with E-state index in [0.717, 1.165) is 25.6 Å². The van der Waals surface area contributed by atoms with E-state index in [1.54, 1.807) is 0 Å². The van der Waals surface area contributed by atoms with Gasteiger partial charge in [0.2, 0.25) is 0 Å². The Morgan fingerprint density at radius 1 is 1.00 bits per heavy atom. The Kier molecular flexibility index (Phi) is 11.2. The monoisotopic (exact) mass is 332 g/mol. The molecule has 0 atom stereocenters. The minimum atomic E-state index is -2.50. The minimum absolute atomic E-state index is 0.0950. The molecule has 0 aromatic carbocycles. The van der Waals surface area contributed by atoms with Gasteiger partial charge in [-0.15, -0.1) is 0 Å². The molecule has 0 saturated heterocycles. The summed E-state index contributed by atoms with van der Waals surface area (Å²) in [4.78, 5) is 6.77. The van der Waals surface area contributed by atoms with Crippen LogP contribution in [0.25, 0.3) is 0 Å². The van der Waals surface area contributed by atoms with Crippen molar-refractivity contribution < 1.29 is 13.3 Å². The summed E-state index contributed by atoms with van der Waals surface area (Å²) < 4.78 is 17.5. The Labute approximate surface area is 138 Å². The van der Waals surface area contributed by atoms with Crippen LogP contribution in [-0.4, -0.2) is 66.9 Å². The van der Waals surface area contributed by atoms with Crippen molar-refractivity contribution in [1.82, 2.24) is 4.90 Å². The first-order chi connectivity index (χ1) is 10.3. The second-order valence-electron chi connectivity index (χ2n) is 6.35. The molecule has 0 fully saturated rings. The Bertz CT molecular complexity index is 293. The highest BCUT2D eigenvalue weighted by molar-refractivity contribution is 6.60. The number of nitrogens with zero attached hydrogens (tertiary/aromatic N) is 2. The maximum atomic E-state index is 5.85. The van der Waals surface area contributed by atoms with Crippen LogP contribution in [0.3, 0.4) is 0 Å². The highest BCUT2D eigenvalue weighted by Gasteiger charge is 2.39. The molecular formula is C16H36N2O3Si. The second-order valence-corrected chi connectivity index (χ2v) is 9.08. The van der Waals surface area contributed by atoms with E-state index in [1.807, 2.05) is 20.8 Å². The lowest BCUT2D eigenvalue weighted by molar-refractivity contribution is 0.0710. The molecule has 6 heteroatoms. The van der Waals surface area contributed by atoms with E-state index in [-0.39, 0.29) is 5.41 Å². The second kappa shape index (κ2) is 11.3. The summed E-state index contributed by atoms with van der Waals surface area (Å²) >= 11 is 0. The number of rotatable bonds is 13. The maximum absolute atomic E-state index is 5.85. The lowest BCUT2D eigenvalue weighted by atomic mass is 9.95. The van der Waals surface area contributed by atoms with Gasteiger partial charge < -0.3 is 18.2 Å². The van der Waals surface area contributed by atoms with Gasteiger partial charge in [0.1, 0.15) is 0 Å². The largest absolute Gasteiger partial charge is 0.500 e. The lowest BCUT2D eigenvalue weighted by Gasteiger charge is -2.28. The average molecular weight is 333 g/mol. The van der Waals surface area contributed by atoms with Crippen molar-refractivity contribution >= 4 is 15.0 Å². The van der Waals surface area contributed by atoms with Crippen molar-refractivity contribution in [2.45, 2.75) is 47.1 Å². The van der Waals surface area contributed by atoms with Gasteiger partial charge in [-0.05, 0) is 41.3 Å². The Morgan fingerprint density at radius 3 is 1.91 bits per heavy atom. The van der Waals surface area contributed by atoms with Crippen LogP contribution < -0.4 is 0 Å². The summed E-state index contributed by atoms with van der Waals surface area (Å²) in [6, 6.07) is 0.827. The van der Waals surface area contributed by atoms with E-state index in [1.165, 1.54) is 0 Å². The number of aliphatic imine (C=N–C) groups is 1. The summed E-state index contributed by atoms with van der Waals surface area (Å²) in [6.45, 7) is 14.0. The molecule has 0 aliphatic rings. The first-order valence-electron chi connectivity index (χ1n) is 8.38. The molecule has 0 aromatic rings. The standard InChI is InChI=1S/C16H36N2O3Si/c1-8-19-22(20-9-2,21-10-3)13-11-12-17-14-16(4,5)15-18(6)7/h14H,8-13,15H2,1-7H3. The van der Waals surface area contributed by atoms with E-state index in [9.17, 15) is 0 Å². The van der Waals surface area contributed by atoms with Gasteiger partial charge in [-0.1, -0.05) is 13.8 Å². The zero-order valence-electron chi connectivity index (χ0n) is 15.6. The average Bonchev–Trinajstić information content (AvgIpc) is 2.37. The summed E-state index contributed by atoms with van der Waals surface area (Å²) in [5.74, 6) is 0. The molecule has 0 aromatic heterocycles. The van der Waals surface area contributed by atoms with Crippen LogP contribution in [-0.2, 0) is 13.3 Å². The van der Waals surface area contributed by atoms with Crippen LogP contribution in [0, 0.1) is 5.41 Å². The topological polar surface area (TPSA) is 43.3 Å². The van der Waals surface area contributed by atoms with Crippen molar-refractivity contribution in [2.75, 3.05) is 47.0 Å². The minimum Gasteiger partial charge on any atom is -0.374 e. The Balaban J connectivity index is 4.37. The number of hydrogen-bond acceptors (Lipinski definition) is 5. The van der Waals surface area contributed by atoms with Crippen molar-refractivity contribution in [3.8, 4) is 0 Å². The van der Waals surface area contributed by atoms with E-state index < -0.39 is 8.80 Å². The molecule has 0 aliphatic carbocycles. The van der Waals surface area contributed by atoms with Crippen molar-refractivity contribution in [3.63, 3.8) is 0 Å². The van der Waals surface area contributed by atoms with Gasteiger partial charge in [-0.2, -0.15) is 0 Å². The summed E-state index contributed by atoms with van der Waals surface area (Å²) in [6.07, 6.45) is 3.00.